The minimum absolute atomic E-state index is 0.440. The van der Waals surface area contributed by atoms with Crippen molar-refractivity contribution in [2.24, 2.45) is 0 Å². The van der Waals surface area contributed by atoms with Crippen molar-refractivity contribution in [1.82, 2.24) is 24.6 Å². The Bertz CT molecular complexity index is 816. The monoisotopic (exact) mass is 309 g/mol. The zero-order valence-corrected chi connectivity index (χ0v) is 13.8. The summed E-state index contributed by atoms with van der Waals surface area (Å²) in [6, 6.07) is 9.14. The summed E-state index contributed by atoms with van der Waals surface area (Å²) in [5.74, 6) is 1.90. The number of aromatic amines is 1. The number of hydrogen-bond donors (Lipinski definition) is 1. The average molecular weight is 309 g/mol. The number of aromatic nitrogens is 4. The summed E-state index contributed by atoms with van der Waals surface area (Å²) < 4.78 is 2.12. The van der Waals surface area contributed by atoms with E-state index in [1.165, 1.54) is 29.3 Å². The molecule has 120 valence electrons. The number of benzene rings is 1. The van der Waals surface area contributed by atoms with E-state index in [0.717, 1.165) is 31.3 Å². The second kappa shape index (κ2) is 5.81. The Balaban J connectivity index is 1.53. The predicted molar refractivity (Wildman–Crippen MR) is 91.3 cm³/mol. The van der Waals surface area contributed by atoms with E-state index in [1.807, 2.05) is 13.1 Å². The van der Waals surface area contributed by atoms with Crippen LogP contribution in [0.25, 0.3) is 10.9 Å². The van der Waals surface area contributed by atoms with Gasteiger partial charge in [0, 0.05) is 30.2 Å². The molecule has 0 aliphatic carbocycles. The highest BCUT2D eigenvalue weighted by atomic mass is 15.4. The van der Waals surface area contributed by atoms with Gasteiger partial charge in [-0.3, -0.25) is 4.90 Å². The molecule has 1 aliphatic rings. The van der Waals surface area contributed by atoms with Gasteiger partial charge in [-0.1, -0.05) is 12.1 Å². The van der Waals surface area contributed by atoms with Crippen LogP contribution in [0, 0.1) is 13.8 Å². The topological polar surface area (TPSA) is 49.7 Å². The lowest BCUT2D eigenvalue weighted by molar-refractivity contribution is 0.162. The molecule has 2 aromatic heterocycles. The van der Waals surface area contributed by atoms with Crippen molar-refractivity contribution in [1.29, 1.82) is 0 Å². The van der Waals surface area contributed by atoms with Crippen molar-refractivity contribution >= 4 is 10.9 Å². The van der Waals surface area contributed by atoms with E-state index in [2.05, 4.69) is 55.8 Å². The lowest BCUT2D eigenvalue weighted by atomic mass is 10.0. The molecule has 3 aromatic rings. The molecule has 1 N–H and O–H groups in total. The maximum Gasteiger partial charge on any atom is 0.147 e. The number of H-pyrrole nitrogens is 1. The largest absolute Gasteiger partial charge is 0.361 e. The van der Waals surface area contributed by atoms with Gasteiger partial charge in [-0.25, -0.2) is 9.67 Å². The van der Waals surface area contributed by atoms with E-state index in [1.54, 1.807) is 0 Å². The van der Waals surface area contributed by atoms with Gasteiger partial charge in [0.1, 0.15) is 11.6 Å². The maximum absolute atomic E-state index is 4.59. The Kier molecular flexibility index (Phi) is 3.65. The molecule has 5 heteroatoms. The summed E-state index contributed by atoms with van der Waals surface area (Å²) >= 11 is 0. The molecule has 0 radical (unpaired) electrons. The van der Waals surface area contributed by atoms with E-state index in [4.69, 9.17) is 0 Å². The lowest BCUT2D eigenvalue weighted by Crippen LogP contribution is -2.36. The number of rotatable bonds is 3. The third kappa shape index (κ3) is 2.77. The van der Waals surface area contributed by atoms with Gasteiger partial charge in [0.2, 0.25) is 0 Å². The number of nitrogens with one attached hydrogen (secondary N) is 1. The van der Waals surface area contributed by atoms with E-state index in [0.29, 0.717) is 6.04 Å². The zero-order valence-electron chi connectivity index (χ0n) is 13.8. The molecule has 0 saturated carbocycles. The summed E-state index contributed by atoms with van der Waals surface area (Å²) in [7, 11) is 0. The van der Waals surface area contributed by atoms with E-state index in [9.17, 15) is 0 Å². The van der Waals surface area contributed by atoms with Crippen LogP contribution in [-0.2, 0) is 6.54 Å². The number of hydrogen-bond acceptors (Lipinski definition) is 3. The fourth-order valence-electron chi connectivity index (χ4n) is 3.79. The Morgan fingerprint density at radius 1 is 1.26 bits per heavy atom. The summed E-state index contributed by atoms with van der Waals surface area (Å²) in [6.07, 6.45) is 4.43. The number of nitrogens with zero attached hydrogens (tertiary/aromatic N) is 4. The first kappa shape index (κ1) is 14.5. The van der Waals surface area contributed by atoms with E-state index in [-0.39, 0.29) is 0 Å². The molecule has 1 atom stereocenters. The van der Waals surface area contributed by atoms with Crippen LogP contribution >= 0.6 is 0 Å². The first-order valence-electron chi connectivity index (χ1n) is 8.38. The van der Waals surface area contributed by atoms with Gasteiger partial charge in [-0.2, -0.15) is 5.10 Å². The van der Waals surface area contributed by atoms with Gasteiger partial charge in [-0.15, -0.1) is 0 Å². The first-order chi connectivity index (χ1) is 11.2. The summed E-state index contributed by atoms with van der Waals surface area (Å²) in [4.78, 5) is 10.3. The number of likely N-dealkylation sites (tertiary alicyclic amines) is 1. The molecule has 0 bridgehead atoms. The minimum Gasteiger partial charge on any atom is -0.361 e. The van der Waals surface area contributed by atoms with Crippen molar-refractivity contribution in [2.45, 2.75) is 39.3 Å². The van der Waals surface area contributed by atoms with Crippen molar-refractivity contribution in [3.05, 3.63) is 47.7 Å². The van der Waals surface area contributed by atoms with Crippen molar-refractivity contribution < 1.29 is 0 Å². The van der Waals surface area contributed by atoms with Crippen LogP contribution in [0.3, 0.4) is 0 Å². The summed E-state index contributed by atoms with van der Waals surface area (Å²) in [5, 5.41) is 5.93. The highest BCUT2D eigenvalue weighted by molar-refractivity contribution is 5.82. The van der Waals surface area contributed by atoms with Gasteiger partial charge in [0.15, 0.2) is 0 Å². The van der Waals surface area contributed by atoms with E-state index < -0.39 is 0 Å². The molecule has 4 rings (SSSR count). The molecule has 1 fully saturated rings. The molecule has 1 aromatic carbocycles. The molecular formula is C18H23N5. The summed E-state index contributed by atoms with van der Waals surface area (Å²) in [5.41, 5.74) is 2.62. The third-order valence-corrected chi connectivity index (χ3v) is 4.81. The quantitative estimate of drug-likeness (QED) is 0.808. The molecule has 1 unspecified atom stereocenters. The number of aryl methyl sites for hydroxylation is 2. The molecule has 0 spiro atoms. The van der Waals surface area contributed by atoms with Crippen molar-refractivity contribution in [2.75, 3.05) is 13.1 Å². The maximum atomic E-state index is 4.59. The number of piperidine rings is 1. The lowest BCUT2D eigenvalue weighted by Gasteiger charge is -2.33. The normalized spacial score (nSPS) is 19.5. The molecule has 23 heavy (non-hydrogen) atoms. The molecular weight excluding hydrogens is 286 g/mol. The standard InChI is InChI=1S/C18H23N5/c1-13-20-14(2)23(21-13)16-6-4-10-22(12-16)11-15-5-3-7-18-17(15)8-9-19-18/h3,5,7-9,16,19H,4,6,10-12H2,1-2H3. The second-order valence-corrected chi connectivity index (χ2v) is 6.54. The minimum atomic E-state index is 0.440. The van der Waals surface area contributed by atoms with Gasteiger partial charge < -0.3 is 4.98 Å². The predicted octanol–water partition coefficient (Wildman–Crippen LogP) is 3.21. The molecule has 5 nitrogen and oxygen atoms in total. The van der Waals surface area contributed by atoms with Crippen LogP contribution < -0.4 is 0 Å². The molecule has 1 aliphatic heterocycles. The number of fused-ring (bicyclic) bond motifs is 1. The molecule has 1 saturated heterocycles. The second-order valence-electron chi connectivity index (χ2n) is 6.54. The highest BCUT2D eigenvalue weighted by Crippen LogP contribution is 2.25. The van der Waals surface area contributed by atoms with Crippen LogP contribution in [0.15, 0.2) is 30.5 Å². The highest BCUT2D eigenvalue weighted by Gasteiger charge is 2.24. The Morgan fingerprint density at radius 2 is 2.17 bits per heavy atom. The van der Waals surface area contributed by atoms with Gasteiger partial charge in [0.05, 0.1) is 6.04 Å². The average Bonchev–Trinajstić information content (AvgIpc) is 3.14. The van der Waals surface area contributed by atoms with Crippen molar-refractivity contribution in [3.8, 4) is 0 Å². The first-order valence-corrected chi connectivity index (χ1v) is 8.38. The Labute approximate surface area is 136 Å². The molecule has 0 amide bonds. The van der Waals surface area contributed by atoms with Crippen LogP contribution in [0.1, 0.15) is 36.1 Å². The van der Waals surface area contributed by atoms with Crippen LogP contribution in [0.5, 0.6) is 0 Å². The van der Waals surface area contributed by atoms with Crippen LogP contribution in [0.4, 0.5) is 0 Å². The SMILES string of the molecule is Cc1nc(C)n(C2CCCN(Cc3cccc4[nH]ccc34)C2)n1. The molecule has 3 heterocycles. The Morgan fingerprint density at radius 3 is 3.00 bits per heavy atom. The smallest absolute Gasteiger partial charge is 0.147 e. The zero-order chi connectivity index (χ0) is 15.8. The summed E-state index contributed by atoms with van der Waals surface area (Å²) in [6.45, 7) is 7.23. The third-order valence-electron chi connectivity index (χ3n) is 4.81. The fraction of sp³-hybridized carbons (Fsp3) is 0.444. The fourth-order valence-corrected chi connectivity index (χ4v) is 3.79. The van der Waals surface area contributed by atoms with Crippen LogP contribution in [0.2, 0.25) is 0 Å². The van der Waals surface area contributed by atoms with E-state index >= 15 is 0 Å². The van der Waals surface area contributed by atoms with Gasteiger partial charge in [0.25, 0.3) is 0 Å². The van der Waals surface area contributed by atoms with Gasteiger partial charge >= 0.3 is 0 Å². The van der Waals surface area contributed by atoms with Crippen LogP contribution in [-0.4, -0.2) is 37.7 Å². The Hall–Kier alpha value is -2.14. The van der Waals surface area contributed by atoms with Gasteiger partial charge in [-0.05, 0) is 50.9 Å². The van der Waals surface area contributed by atoms with Crippen molar-refractivity contribution in [3.63, 3.8) is 0 Å².